The van der Waals surface area contributed by atoms with Gasteiger partial charge in [-0.15, -0.1) is 11.3 Å². The molecule has 1 fully saturated rings. The van der Waals surface area contributed by atoms with E-state index < -0.39 is 11.6 Å². The number of hydrogen-bond acceptors (Lipinski definition) is 4. The summed E-state index contributed by atoms with van der Waals surface area (Å²) in [6.07, 6.45) is 2.39. The number of thiophene rings is 1. The Morgan fingerprint density at radius 1 is 1.39 bits per heavy atom. The van der Waals surface area contributed by atoms with Crippen molar-refractivity contribution in [3.8, 4) is 0 Å². The number of fused-ring (bicyclic) bond motifs is 2. The minimum absolute atomic E-state index is 0.187. The van der Waals surface area contributed by atoms with Crippen molar-refractivity contribution < 1.29 is 14.4 Å². The van der Waals surface area contributed by atoms with E-state index >= 15 is 0 Å². The third-order valence-corrected chi connectivity index (χ3v) is 5.73. The molecule has 1 spiro atoms. The molecule has 1 saturated heterocycles. The quantitative estimate of drug-likeness (QED) is 0.852. The lowest BCUT2D eigenvalue weighted by Crippen LogP contribution is -2.47. The van der Waals surface area contributed by atoms with Crippen molar-refractivity contribution in [1.82, 2.24) is 15.1 Å². The molecule has 124 valence electrons. The Kier molecular flexibility index (Phi) is 4.14. The first-order valence-corrected chi connectivity index (χ1v) is 8.90. The third kappa shape index (κ3) is 2.43. The third-order valence-electron chi connectivity index (χ3n) is 4.75. The van der Waals surface area contributed by atoms with Crippen LogP contribution in [0.1, 0.15) is 37.1 Å². The zero-order chi connectivity index (χ0) is 16.6. The highest BCUT2D eigenvalue weighted by atomic mass is 32.1. The number of carbonyl (C=O) groups is 3. The molecule has 7 heteroatoms. The molecular weight excluding hydrogens is 314 g/mol. The van der Waals surface area contributed by atoms with Gasteiger partial charge >= 0.3 is 6.03 Å². The van der Waals surface area contributed by atoms with Crippen molar-refractivity contribution >= 4 is 29.2 Å². The molecule has 4 amide bonds. The molecule has 6 nitrogen and oxygen atoms in total. The summed E-state index contributed by atoms with van der Waals surface area (Å²) in [6, 6.07) is 1.46. The Morgan fingerprint density at radius 2 is 2.13 bits per heavy atom. The normalized spacial score (nSPS) is 23.1. The van der Waals surface area contributed by atoms with Gasteiger partial charge in [0.15, 0.2) is 0 Å². The van der Waals surface area contributed by atoms with E-state index in [1.54, 1.807) is 16.2 Å². The lowest BCUT2D eigenvalue weighted by molar-refractivity contribution is -0.139. The van der Waals surface area contributed by atoms with Gasteiger partial charge in [0.05, 0.1) is 0 Å². The van der Waals surface area contributed by atoms with Crippen molar-refractivity contribution in [2.45, 2.75) is 38.6 Å². The topological polar surface area (TPSA) is 69.7 Å². The first-order chi connectivity index (χ1) is 11.0. The van der Waals surface area contributed by atoms with E-state index in [2.05, 4.69) is 5.32 Å². The van der Waals surface area contributed by atoms with Crippen molar-refractivity contribution in [2.75, 3.05) is 19.6 Å². The molecule has 2 heterocycles. The van der Waals surface area contributed by atoms with Gasteiger partial charge in [0.1, 0.15) is 12.1 Å². The van der Waals surface area contributed by atoms with Crippen LogP contribution in [0.25, 0.3) is 0 Å². The molecule has 3 rings (SSSR count). The highest BCUT2D eigenvalue weighted by Gasteiger charge is 2.54. The second-order valence-corrected chi connectivity index (χ2v) is 6.90. The second-order valence-electron chi connectivity index (χ2n) is 5.90. The van der Waals surface area contributed by atoms with Gasteiger partial charge in [0.25, 0.3) is 5.91 Å². The molecule has 1 aliphatic heterocycles. The van der Waals surface area contributed by atoms with Gasteiger partial charge in [-0.2, -0.15) is 0 Å². The molecule has 1 atom stereocenters. The van der Waals surface area contributed by atoms with Crippen LogP contribution in [0.2, 0.25) is 0 Å². The Balaban J connectivity index is 1.86. The SMILES string of the molecule is CCN(CC)C(=O)CN1C(=O)NC2(CCCc3sccc32)C1=O. The van der Waals surface area contributed by atoms with E-state index in [1.807, 2.05) is 25.3 Å². The summed E-state index contributed by atoms with van der Waals surface area (Å²) in [5, 5.41) is 4.82. The van der Waals surface area contributed by atoms with Gasteiger partial charge in [0.2, 0.25) is 5.91 Å². The molecule has 2 aliphatic rings. The largest absolute Gasteiger partial charge is 0.342 e. The number of nitrogens with zero attached hydrogens (tertiary/aromatic N) is 2. The summed E-state index contributed by atoms with van der Waals surface area (Å²) in [7, 11) is 0. The fourth-order valence-corrected chi connectivity index (χ4v) is 4.50. The van der Waals surface area contributed by atoms with Crippen LogP contribution in [0.15, 0.2) is 11.4 Å². The summed E-state index contributed by atoms with van der Waals surface area (Å²) >= 11 is 1.62. The monoisotopic (exact) mass is 335 g/mol. The minimum Gasteiger partial charge on any atom is -0.342 e. The number of imide groups is 1. The zero-order valence-electron chi connectivity index (χ0n) is 13.4. The number of likely N-dealkylation sites (N-methyl/N-ethyl adjacent to an activating group) is 1. The van der Waals surface area contributed by atoms with Crippen molar-refractivity contribution in [3.63, 3.8) is 0 Å². The average Bonchev–Trinajstić information content (AvgIpc) is 3.10. The van der Waals surface area contributed by atoms with E-state index in [1.165, 1.54) is 0 Å². The van der Waals surface area contributed by atoms with Crippen LogP contribution >= 0.6 is 11.3 Å². The van der Waals surface area contributed by atoms with E-state index in [9.17, 15) is 14.4 Å². The molecule has 1 unspecified atom stereocenters. The molecule has 0 aromatic carbocycles. The summed E-state index contributed by atoms with van der Waals surface area (Å²) in [5.74, 6) is -0.487. The maximum Gasteiger partial charge on any atom is 0.325 e. The van der Waals surface area contributed by atoms with Crippen LogP contribution in [0.3, 0.4) is 0 Å². The van der Waals surface area contributed by atoms with E-state index in [4.69, 9.17) is 0 Å². The first-order valence-electron chi connectivity index (χ1n) is 8.02. The number of hydrogen-bond donors (Lipinski definition) is 1. The minimum atomic E-state index is -0.964. The summed E-state index contributed by atoms with van der Waals surface area (Å²) in [6.45, 7) is 4.71. The fraction of sp³-hybridized carbons (Fsp3) is 0.562. The predicted octanol–water partition coefficient (Wildman–Crippen LogP) is 1.70. The molecule has 0 bridgehead atoms. The van der Waals surface area contributed by atoms with E-state index in [0.717, 1.165) is 28.2 Å². The molecule has 23 heavy (non-hydrogen) atoms. The highest BCUT2D eigenvalue weighted by Crippen LogP contribution is 2.42. The molecule has 1 aromatic heterocycles. The first kappa shape index (κ1) is 16.0. The molecule has 0 radical (unpaired) electrons. The second kappa shape index (κ2) is 5.96. The van der Waals surface area contributed by atoms with E-state index in [-0.39, 0.29) is 18.4 Å². The molecular formula is C16H21N3O3S. The van der Waals surface area contributed by atoms with E-state index in [0.29, 0.717) is 19.5 Å². The fourth-order valence-electron chi connectivity index (χ4n) is 3.50. The number of nitrogens with one attached hydrogen (secondary N) is 1. The smallest absolute Gasteiger partial charge is 0.325 e. The van der Waals surface area contributed by atoms with Crippen LogP contribution < -0.4 is 5.32 Å². The standard InChI is InChI=1S/C16H21N3O3S/c1-3-18(4-2)13(20)10-19-14(21)16(17-15(19)22)8-5-6-12-11(16)7-9-23-12/h7,9H,3-6,8,10H2,1-2H3,(H,17,22). The molecule has 1 aliphatic carbocycles. The summed E-state index contributed by atoms with van der Waals surface area (Å²) < 4.78 is 0. The van der Waals surface area contributed by atoms with Crippen molar-refractivity contribution in [3.05, 3.63) is 21.9 Å². The van der Waals surface area contributed by atoms with Crippen LogP contribution in [0, 0.1) is 0 Å². The Bertz CT molecular complexity index is 653. The number of amides is 4. The predicted molar refractivity (Wildman–Crippen MR) is 87.1 cm³/mol. The van der Waals surface area contributed by atoms with Gasteiger partial charge in [-0.1, -0.05) is 0 Å². The highest BCUT2D eigenvalue weighted by molar-refractivity contribution is 7.10. The van der Waals surface area contributed by atoms with Crippen LogP contribution in [-0.4, -0.2) is 47.3 Å². The van der Waals surface area contributed by atoms with Gasteiger partial charge < -0.3 is 10.2 Å². The van der Waals surface area contributed by atoms with Gasteiger partial charge in [0, 0.05) is 23.5 Å². The Hall–Kier alpha value is -1.89. The van der Waals surface area contributed by atoms with Crippen LogP contribution in [0.4, 0.5) is 4.79 Å². The number of carbonyl (C=O) groups excluding carboxylic acids is 3. The number of aryl methyl sites for hydroxylation is 1. The van der Waals surface area contributed by atoms with Gasteiger partial charge in [-0.3, -0.25) is 14.5 Å². The van der Waals surface area contributed by atoms with Gasteiger partial charge in [-0.05, 0) is 44.6 Å². The van der Waals surface area contributed by atoms with Crippen molar-refractivity contribution in [1.29, 1.82) is 0 Å². The Morgan fingerprint density at radius 3 is 2.83 bits per heavy atom. The summed E-state index contributed by atoms with van der Waals surface area (Å²) in [5.41, 5.74) is -0.0568. The lowest BCUT2D eigenvalue weighted by Gasteiger charge is -2.31. The summed E-state index contributed by atoms with van der Waals surface area (Å²) in [4.78, 5) is 41.4. The van der Waals surface area contributed by atoms with Crippen LogP contribution in [0.5, 0.6) is 0 Å². The molecule has 0 saturated carbocycles. The maximum absolute atomic E-state index is 13.0. The number of urea groups is 1. The number of rotatable bonds is 4. The van der Waals surface area contributed by atoms with Crippen molar-refractivity contribution in [2.24, 2.45) is 0 Å². The Labute approximate surface area is 139 Å². The molecule has 1 aromatic rings. The average molecular weight is 335 g/mol. The lowest BCUT2D eigenvalue weighted by atomic mass is 9.80. The van der Waals surface area contributed by atoms with Gasteiger partial charge in [-0.25, -0.2) is 4.79 Å². The maximum atomic E-state index is 13.0. The molecule has 1 N–H and O–H groups in total. The zero-order valence-corrected chi connectivity index (χ0v) is 14.2. The van der Waals surface area contributed by atoms with Crippen LogP contribution in [-0.2, 0) is 21.5 Å².